The van der Waals surface area contributed by atoms with Crippen molar-refractivity contribution < 1.29 is 9.30 Å². The first kappa shape index (κ1) is 24.7. The van der Waals surface area contributed by atoms with Crippen LogP contribution in [-0.2, 0) is 9.30 Å². The summed E-state index contributed by atoms with van der Waals surface area (Å²) in [6, 6.07) is 7.79. The van der Waals surface area contributed by atoms with E-state index in [0.29, 0.717) is 28.5 Å². The molecule has 3 heterocycles. The number of halogens is 1. The van der Waals surface area contributed by atoms with Gasteiger partial charge < -0.3 is 19.9 Å². The second-order valence-corrected chi connectivity index (χ2v) is 12.4. The topological polar surface area (TPSA) is 97.2 Å². The Morgan fingerprint density at radius 3 is 2.85 bits per heavy atom. The molecule has 1 atom stereocenters. The Morgan fingerprint density at radius 1 is 1.24 bits per heavy atom. The van der Waals surface area contributed by atoms with Crippen LogP contribution in [0, 0.1) is 0 Å². The van der Waals surface area contributed by atoms with E-state index < -0.39 is 7.14 Å². The second kappa shape index (κ2) is 10.9. The van der Waals surface area contributed by atoms with Crippen molar-refractivity contribution in [2.75, 3.05) is 57.3 Å². The zero-order valence-electron chi connectivity index (χ0n) is 19.7. The number of anilines is 4. The largest absolute Gasteiger partial charge is 0.383 e. The molecule has 2 N–H and O–H groups in total. The predicted octanol–water partition coefficient (Wildman–Crippen LogP) is 4.35. The number of hydrogen-bond donors (Lipinski definition) is 2. The van der Waals surface area contributed by atoms with Crippen molar-refractivity contribution in [1.82, 2.24) is 24.6 Å². The van der Waals surface area contributed by atoms with Crippen LogP contribution in [0.1, 0.15) is 18.9 Å². The van der Waals surface area contributed by atoms with Crippen LogP contribution in [0.5, 0.6) is 0 Å². The van der Waals surface area contributed by atoms with Crippen LogP contribution in [0.25, 0.3) is 0 Å². The molecular weight excluding hydrogens is 473 g/mol. The lowest BCUT2D eigenvalue weighted by atomic mass is 10.1. The molecule has 0 radical (unpaired) electrons. The molecule has 0 saturated carbocycles. The summed E-state index contributed by atoms with van der Waals surface area (Å²) in [6.45, 7) is 7.19. The molecular formula is C23H31ClN7O2P. The monoisotopic (exact) mass is 503 g/mol. The van der Waals surface area contributed by atoms with Gasteiger partial charge in [-0.25, -0.2) is 4.98 Å². The highest BCUT2D eigenvalue weighted by atomic mass is 35.5. The van der Waals surface area contributed by atoms with Crippen LogP contribution in [0.3, 0.4) is 0 Å². The highest BCUT2D eigenvalue weighted by Crippen LogP contribution is 2.38. The van der Waals surface area contributed by atoms with E-state index in [1.165, 1.54) is 0 Å². The minimum Gasteiger partial charge on any atom is -0.383 e. The van der Waals surface area contributed by atoms with Gasteiger partial charge in [0.1, 0.15) is 12.2 Å². The molecule has 0 bridgehead atoms. The van der Waals surface area contributed by atoms with Crippen LogP contribution in [0.15, 0.2) is 42.9 Å². The van der Waals surface area contributed by atoms with Gasteiger partial charge in [-0.15, -0.1) is 0 Å². The molecule has 0 aliphatic carbocycles. The third kappa shape index (κ3) is 6.16. The number of ether oxygens (including phenoxy) is 1. The Bertz CT molecular complexity index is 1170. The van der Waals surface area contributed by atoms with Gasteiger partial charge in [-0.1, -0.05) is 23.7 Å². The zero-order chi connectivity index (χ0) is 24.1. The fourth-order valence-electron chi connectivity index (χ4n) is 4.09. The van der Waals surface area contributed by atoms with E-state index in [9.17, 15) is 4.57 Å². The molecule has 34 heavy (non-hydrogen) atoms. The van der Waals surface area contributed by atoms with Crippen LogP contribution < -0.4 is 15.9 Å². The number of nitrogens with zero attached hydrogens (tertiary/aromatic N) is 5. The average Bonchev–Trinajstić information content (AvgIpc) is 3.28. The van der Waals surface area contributed by atoms with Gasteiger partial charge in [-0.05, 0) is 44.8 Å². The molecule has 182 valence electrons. The number of benzene rings is 1. The van der Waals surface area contributed by atoms with E-state index in [1.54, 1.807) is 32.8 Å². The smallest absolute Gasteiger partial charge is 0.229 e. The third-order valence-corrected chi connectivity index (χ3v) is 7.63. The SMILES string of the molecule is COCCN1CCC[C@@H](n2cc(Nc3ncc(Cl)c(Nc4ccccc4P(C)(C)=O)n3)cn2)C1. The fourth-order valence-corrected chi connectivity index (χ4v) is 5.39. The van der Waals surface area contributed by atoms with Crippen molar-refractivity contribution in [1.29, 1.82) is 0 Å². The summed E-state index contributed by atoms with van der Waals surface area (Å²) >= 11 is 6.36. The van der Waals surface area contributed by atoms with Crippen LogP contribution in [0.2, 0.25) is 5.02 Å². The minimum atomic E-state index is -2.48. The number of para-hydroxylation sites is 1. The molecule has 0 spiro atoms. The first-order valence-electron chi connectivity index (χ1n) is 11.3. The van der Waals surface area contributed by atoms with Crippen molar-refractivity contribution >= 4 is 47.2 Å². The minimum absolute atomic E-state index is 0.319. The van der Waals surface area contributed by atoms with E-state index >= 15 is 0 Å². The molecule has 1 aromatic carbocycles. The summed E-state index contributed by atoms with van der Waals surface area (Å²) in [6.07, 6.45) is 7.53. The molecule has 9 nitrogen and oxygen atoms in total. The Labute approximate surface area is 205 Å². The van der Waals surface area contributed by atoms with Crippen molar-refractivity contribution in [2.24, 2.45) is 0 Å². The number of rotatable bonds is 9. The van der Waals surface area contributed by atoms with Gasteiger partial charge in [0.05, 0.1) is 36.4 Å². The van der Waals surface area contributed by atoms with Gasteiger partial charge in [0, 0.05) is 31.7 Å². The van der Waals surface area contributed by atoms with Crippen molar-refractivity contribution in [3.8, 4) is 0 Å². The Balaban J connectivity index is 1.47. The third-order valence-electron chi connectivity index (χ3n) is 5.81. The number of nitrogens with one attached hydrogen (secondary N) is 2. The van der Waals surface area contributed by atoms with Crippen molar-refractivity contribution in [3.63, 3.8) is 0 Å². The van der Waals surface area contributed by atoms with Gasteiger partial charge >= 0.3 is 0 Å². The highest BCUT2D eigenvalue weighted by Gasteiger charge is 2.22. The summed E-state index contributed by atoms with van der Waals surface area (Å²) in [5, 5.41) is 12.1. The van der Waals surface area contributed by atoms with Gasteiger partial charge in [-0.2, -0.15) is 10.1 Å². The average molecular weight is 504 g/mol. The zero-order valence-corrected chi connectivity index (χ0v) is 21.4. The normalized spacial score (nSPS) is 17.0. The van der Waals surface area contributed by atoms with E-state index in [0.717, 1.165) is 50.1 Å². The summed E-state index contributed by atoms with van der Waals surface area (Å²) in [4.78, 5) is 11.3. The van der Waals surface area contributed by atoms with Crippen LogP contribution in [-0.4, -0.2) is 71.3 Å². The Morgan fingerprint density at radius 2 is 2.06 bits per heavy atom. The molecule has 11 heteroatoms. The fraction of sp³-hybridized carbons (Fsp3) is 0.435. The summed E-state index contributed by atoms with van der Waals surface area (Å²) in [7, 11) is -0.749. The molecule has 3 aromatic rings. The number of aromatic nitrogens is 4. The second-order valence-electron chi connectivity index (χ2n) is 8.81. The van der Waals surface area contributed by atoms with E-state index in [4.69, 9.17) is 16.3 Å². The van der Waals surface area contributed by atoms with Crippen LogP contribution >= 0.6 is 18.7 Å². The lowest BCUT2D eigenvalue weighted by Gasteiger charge is -2.32. The molecule has 1 saturated heterocycles. The maximum Gasteiger partial charge on any atom is 0.229 e. The number of methoxy groups -OCH3 is 1. The van der Waals surface area contributed by atoms with Gasteiger partial charge in [0.25, 0.3) is 0 Å². The Kier molecular flexibility index (Phi) is 7.88. The summed E-state index contributed by atoms with van der Waals surface area (Å²) in [5.41, 5.74) is 1.51. The number of hydrogen-bond acceptors (Lipinski definition) is 8. The lowest BCUT2D eigenvalue weighted by Crippen LogP contribution is -2.38. The quantitative estimate of drug-likeness (QED) is 0.416. The maximum absolute atomic E-state index is 12.7. The molecule has 1 fully saturated rings. The standard InChI is InChI=1S/C23H31ClN7O2P/c1-33-12-11-30-10-6-7-18(16-30)31-15-17(13-26-31)27-23-25-14-19(24)22(29-23)28-20-8-4-5-9-21(20)34(2,3)32/h4-5,8-9,13-15,18H,6-7,10-12,16H2,1-3H3,(H2,25,27,28,29)/t18-/m1/s1. The Hall–Kier alpha value is -2.45. The van der Waals surface area contributed by atoms with Gasteiger partial charge in [0.2, 0.25) is 5.95 Å². The van der Waals surface area contributed by atoms with Gasteiger partial charge in [0.15, 0.2) is 5.82 Å². The molecule has 2 aromatic heterocycles. The maximum atomic E-state index is 12.7. The van der Waals surface area contributed by atoms with Crippen molar-refractivity contribution in [2.45, 2.75) is 18.9 Å². The number of piperidine rings is 1. The van der Waals surface area contributed by atoms with E-state index in [1.807, 2.05) is 35.1 Å². The first-order valence-corrected chi connectivity index (χ1v) is 14.3. The highest BCUT2D eigenvalue weighted by molar-refractivity contribution is 7.70. The molecule has 0 unspecified atom stereocenters. The van der Waals surface area contributed by atoms with E-state index in [2.05, 4.69) is 30.6 Å². The molecule has 1 aliphatic heterocycles. The summed E-state index contributed by atoms with van der Waals surface area (Å²) < 4.78 is 19.9. The lowest BCUT2D eigenvalue weighted by molar-refractivity contribution is 0.113. The van der Waals surface area contributed by atoms with Gasteiger partial charge in [-0.3, -0.25) is 9.58 Å². The first-order chi connectivity index (χ1) is 16.3. The number of likely N-dealkylation sites (tertiary alicyclic amines) is 1. The molecule has 1 aliphatic rings. The van der Waals surface area contributed by atoms with Crippen molar-refractivity contribution in [3.05, 3.63) is 47.9 Å². The van der Waals surface area contributed by atoms with E-state index in [-0.39, 0.29) is 0 Å². The predicted molar refractivity (Wildman–Crippen MR) is 138 cm³/mol. The molecule has 4 rings (SSSR count). The molecule has 0 amide bonds. The summed E-state index contributed by atoms with van der Waals surface area (Å²) in [5.74, 6) is 0.832. The van der Waals surface area contributed by atoms with Crippen LogP contribution in [0.4, 0.5) is 23.1 Å².